The summed E-state index contributed by atoms with van der Waals surface area (Å²) in [4.78, 5) is 0. The molecule has 1 aliphatic rings. The summed E-state index contributed by atoms with van der Waals surface area (Å²) in [5.74, 6) is 0. The molecular weight excluding hydrogens is 224 g/mol. The topological polar surface area (TPSA) is 48.8 Å². The van der Waals surface area contributed by atoms with Crippen molar-refractivity contribution in [2.45, 2.75) is 44.8 Å². The Morgan fingerprint density at radius 1 is 1.28 bits per heavy atom. The third kappa shape index (κ3) is 2.34. The van der Waals surface area contributed by atoms with E-state index in [1.807, 2.05) is 23.1 Å². The van der Waals surface area contributed by atoms with Gasteiger partial charge >= 0.3 is 0 Å². The van der Waals surface area contributed by atoms with Crippen molar-refractivity contribution < 1.29 is 0 Å². The van der Waals surface area contributed by atoms with Crippen LogP contribution < -0.4 is 5.73 Å². The van der Waals surface area contributed by atoms with E-state index in [9.17, 15) is 0 Å². The van der Waals surface area contributed by atoms with E-state index < -0.39 is 0 Å². The Labute approximate surface area is 107 Å². The number of hydrogen-bond donors (Lipinski definition) is 1. The standard InChI is InChI=1S/C14H20N4/c15-14-5-2-1-4-12-10-17(11-13(12)14)8-9-18-7-3-6-16-18/h3,6-7,10-11,14H,1-2,4-5,8-9,15H2. The first-order valence-electron chi connectivity index (χ1n) is 6.74. The molecule has 0 fully saturated rings. The maximum atomic E-state index is 6.22. The molecule has 0 spiro atoms. The molecule has 2 heterocycles. The number of aromatic nitrogens is 3. The van der Waals surface area contributed by atoms with Gasteiger partial charge in [0, 0.05) is 37.4 Å². The Hall–Kier alpha value is -1.55. The first-order valence-corrected chi connectivity index (χ1v) is 6.74. The SMILES string of the molecule is NC1CCCCc2cn(CCn3cccn3)cc21. The van der Waals surface area contributed by atoms with Gasteiger partial charge in [-0.2, -0.15) is 5.10 Å². The number of hydrogen-bond acceptors (Lipinski definition) is 2. The third-order valence-corrected chi connectivity index (χ3v) is 3.75. The summed E-state index contributed by atoms with van der Waals surface area (Å²) in [5, 5.41) is 4.22. The van der Waals surface area contributed by atoms with Gasteiger partial charge in [-0.3, -0.25) is 4.68 Å². The molecule has 2 aromatic heterocycles. The first kappa shape index (κ1) is 11.5. The predicted octanol–water partition coefficient (Wildman–Crippen LogP) is 2.11. The zero-order valence-corrected chi connectivity index (χ0v) is 10.6. The Morgan fingerprint density at radius 2 is 2.22 bits per heavy atom. The van der Waals surface area contributed by atoms with Gasteiger partial charge in [0.2, 0.25) is 0 Å². The summed E-state index contributed by atoms with van der Waals surface area (Å²) in [6.45, 7) is 1.87. The van der Waals surface area contributed by atoms with Crippen LogP contribution in [0, 0.1) is 0 Å². The molecule has 18 heavy (non-hydrogen) atoms. The van der Waals surface area contributed by atoms with Crippen LogP contribution in [0.5, 0.6) is 0 Å². The Kier molecular flexibility index (Phi) is 3.19. The quantitative estimate of drug-likeness (QED) is 0.841. The van der Waals surface area contributed by atoms with E-state index >= 15 is 0 Å². The summed E-state index contributed by atoms with van der Waals surface area (Å²) in [7, 11) is 0. The van der Waals surface area contributed by atoms with Gasteiger partial charge in [0.05, 0.1) is 6.54 Å². The minimum absolute atomic E-state index is 0.230. The molecule has 0 bridgehead atoms. The van der Waals surface area contributed by atoms with Crippen LogP contribution in [0.1, 0.15) is 36.4 Å². The molecule has 2 aromatic rings. The van der Waals surface area contributed by atoms with Gasteiger partial charge in [-0.05, 0) is 36.5 Å². The van der Waals surface area contributed by atoms with Crippen LogP contribution in [0.4, 0.5) is 0 Å². The van der Waals surface area contributed by atoms with Gasteiger partial charge < -0.3 is 10.3 Å². The predicted molar refractivity (Wildman–Crippen MR) is 71.1 cm³/mol. The second kappa shape index (κ2) is 4.98. The molecule has 1 aliphatic carbocycles. The number of nitrogens with two attached hydrogens (primary N) is 1. The fourth-order valence-electron chi connectivity index (χ4n) is 2.73. The van der Waals surface area contributed by atoms with Crippen molar-refractivity contribution >= 4 is 0 Å². The van der Waals surface area contributed by atoms with Gasteiger partial charge in [0.15, 0.2) is 0 Å². The highest BCUT2D eigenvalue weighted by molar-refractivity contribution is 5.28. The Balaban J connectivity index is 1.72. The van der Waals surface area contributed by atoms with Crippen molar-refractivity contribution in [3.8, 4) is 0 Å². The second-order valence-corrected chi connectivity index (χ2v) is 5.10. The lowest BCUT2D eigenvalue weighted by Gasteiger charge is -2.07. The highest BCUT2D eigenvalue weighted by Gasteiger charge is 2.17. The van der Waals surface area contributed by atoms with Crippen LogP contribution in [0.25, 0.3) is 0 Å². The molecule has 96 valence electrons. The van der Waals surface area contributed by atoms with Crippen molar-refractivity contribution in [2.75, 3.05) is 0 Å². The number of nitrogens with zero attached hydrogens (tertiary/aromatic N) is 3. The molecule has 4 nitrogen and oxygen atoms in total. The summed E-state index contributed by atoms with van der Waals surface area (Å²) >= 11 is 0. The van der Waals surface area contributed by atoms with Gasteiger partial charge in [-0.15, -0.1) is 0 Å². The van der Waals surface area contributed by atoms with Crippen LogP contribution in [-0.4, -0.2) is 14.3 Å². The van der Waals surface area contributed by atoms with E-state index in [4.69, 9.17) is 5.73 Å². The van der Waals surface area contributed by atoms with Crippen molar-refractivity contribution in [3.05, 3.63) is 42.0 Å². The molecule has 1 atom stereocenters. The minimum Gasteiger partial charge on any atom is -0.352 e. The lowest BCUT2D eigenvalue weighted by molar-refractivity contribution is 0.531. The van der Waals surface area contributed by atoms with Crippen molar-refractivity contribution in [3.63, 3.8) is 0 Å². The average molecular weight is 244 g/mol. The normalized spacial score (nSPS) is 19.5. The first-order chi connectivity index (χ1) is 8.83. The highest BCUT2D eigenvalue weighted by atomic mass is 15.3. The number of rotatable bonds is 3. The van der Waals surface area contributed by atoms with E-state index in [-0.39, 0.29) is 6.04 Å². The van der Waals surface area contributed by atoms with Crippen LogP contribution in [0.15, 0.2) is 30.9 Å². The highest BCUT2D eigenvalue weighted by Crippen LogP contribution is 2.27. The summed E-state index contributed by atoms with van der Waals surface area (Å²) in [6.07, 6.45) is 13.1. The zero-order valence-electron chi connectivity index (χ0n) is 10.6. The molecule has 4 heteroatoms. The van der Waals surface area contributed by atoms with Crippen molar-refractivity contribution in [1.82, 2.24) is 14.3 Å². The smallest absolute Gasteiger partial charge is 0.0588 e. The van der Waals surface area contributed by atoms with Crippen LogP contribution in [-0.2, 0) is 19.5 Å². The van der Waals surface area contributed by atoms with E-state index in [1.54, 1.807) is 0 Å². The number of aryl methyl sites for hydroxylation is 3. The molecule has 0 radical (unpaired) electrons. The van der Waals surface area contributed by atoms with Gasteiger partial charge in [-0.1, -0.05) is 6.42 Å². The van der Waals surface area contributed by atoms with Gasteiger partial charge in [0.1, 0.15) is 0 Å². The van der Waals surface area contributed by atoms with Crippen molar-refractivity contribution in [2.24, 2.45) is 5.73 Å². The molecule has 0 aromatic carbocycles. The van der Waals surface area contributed by atoms with E-state index in [0.717, 1.165) is 19.5 Å². The lowest BCUT2D eigenvalue weighted by atomic mass is 10.1. The average Bonchev–Trinajstić information content (AvgIpc) is 2.98. The molecule has 0 amide bonds. The van der Waals surface area contributed by atoms with E-state index in [1.165, 1.54) is 30.4 Å². The molecule has 0 saturated heterocycles. The summed E-state index contributed by atoms with van der Waals surface area (Å²) < 4.78 is 4.22. The van der Waals surface area contributed by atoms with Crippen LogP contribution >= 0.6 is 0 Å². The Bertz CT molecular complexity index is 498. The molecule has 1 unspecified atom stereocenters. The van der Waals surface area contributed by atoms with E-state index in [2.05, 4.69) is 22.1 Å². The van der Waals surface area contributed by atoms with E-state index in [0.29, 0.717) is 0 Å². The fourth-order valence-corrected chi connectivity index (χ4v) is 2.73. The summed E-state index contributed by atoms with van der Waals surface area (Å²) in [5.41, 5.74) is 9.02. The maximum Gasteiger partial charge on any atom is 0.0588 e. The zero-order chi connectivity index (χ0) is 12.4. The number of fused-ring (bicyclic) bond motifs is 1. The largest absolute Gasteiger partial charge is 0.352 e. The molecule has 2 N–H and O–H groups in total. The fraction of sp³-hybridized carbons (Fsp3) is 0.500. The Morgan fingerprint density at radius 3 is 3.06 bits per heavy atom. The van der Waals surface area contributed by atoms with Gasteiger partial charge in [0.25, 0.3) is 0 Å². The third-order valence-electron chi connectivity index (χ3n) is 3.75. The molecule has 0 saturated carbocycles. The molecular formula is C14H20N4. The molecule has 0 aliphatic heterocycles. The van der Waals surface area contributed by atoms with Gasteiger partial charge in [-0.25, -0.2) is 0 Å². The second-order valence-electron chi connectivity index (χ2n) is 5.10. The monoisotopic (exact) mass is 244 g/mol. The minimum atomic E-state index is 0.230. The lowest BCUT2D eigenvalue weighted by Crippen LogP contribution is -2.09. The van der Waals surface area contributed by atoms with Crippen LogP contribution in [0.3, 0.4) is 0 Å². The molecule has 3 rings (SSSR count). The van der Waals surface area contributed by atoms with Crippen LogP contribution in [0.2, 0.25) is 0 Å². The van der Waals surface area contributed by atoms with Crippen molar-refractivity contribution in [1.29, 1.82) is 0 Å². The summed E-state index contributed by atoms with van der Waals surface area (Å²) in [6, 6.07) is 2.19. The maximum absolute atomic E-state index is 6.22.